The lowest BCUT2D eigenvalue weighted by molar-refractivity contribution is 0.253. The number of carbonyl (C=O) groups excluding carboxylic acids is 1. The molecule has 3 aromatic rings. The van der Waals surface area contributed by atoms with Gasteiger partial charge in [0.1, 0.15) is 16.6 Å². The number of benzene rings is 2. The van der Waals surface area contributed by atoms with E-state index in [0.29, 0.717) is 16.3 Å². The van der Waals surface area contributed by atoms with Gasteiger partial charge in [-0.05, 0) is 24.3 Å². The number of nitrogens with zero attached hydrogens (tertiary/aromatic N) is 2. The minimum atomic E-state index is -4.01. The van der Waals surface area contributed by atoms with E-state index in [0.717, 1.165) is 11.3 Å². The molecule has 1 aromatic heterocycles. The van der Waals surface area contributed by atoms with Gasteiger partial charge < -0.3 is 11.1 Å². The molecule has 0 saturated carbocycles. The highest BCUT2D eigenvalue weighted by Gasteiger charge is 2.15. The number of urea groups is 1. The van der Waals surface area contributed by atoms with E-state index >= 15 is 0 Å². The molecular weight excluding hydrogens is 410 g/mol. The summed E-state index contributed by atoms with van der Waals surface area (Å²) in [6.45, 7) is 0. The molecule has 0 fully saturated rings. The lowest BCUT2D eigenvalue weighted by atomic mass is 10.2. The molecule has 0 aliphatic heterocycles. The number of nitrogens with two attached hydrogens (primary N) is 1. The summed E-state index contributed by atoms with van der Waals surface area (Å²) in [5.41, 5.74) is 7.48. The second-order valence-corrected chi connectivity index (χ2v) is 8.25. The van der Waals surface area contributed by atoms with Gasteiger partial charge in [0.25, 0.3) is 10.0 Å². The maximum Gasteiger partial charge on any atom is 0.326 e. The molecule has 0 atom stereocenters. The number of nitrogens with one attached hydrogen (secondary N) is 2. The number of thiazole rings is 1. The van der Waals surface area contributed by atoms with Gasteiger partial charge in [0.2, 0.25) is 0 Å². The Bertz CT molecular complexity index is 1190. The van der Waals surface area contributed by atoms with Crippen LogP contribution in [0.15, 0.2) is 71.1 Å². The standard InChI is InChI=1S/C19H15N5O3S2/c20-10-14(18-23-17(12-28-18)13-4-2-1-3-5-13)11-22-15-6-8-16(9-7-15)29(26,27)24-19(21)25/h1-9,11-12,22H,(H3,21,24,25). The summed E-state index contributed by atoms with van der Waals surface area (Å²) in [6.07, 6.45) is 1.50. The zero-order valence-corrected chi connectivity index (χ0v) is 16.5. The lowest BCUT2D eigenvalue weighted by Crippen LogP contribution is -2.34. The molecule has 1 heterocycles. The Balaban J connectivity index is 1.76. The first kappa shape index (κ1) is 20.1. The summed E-state index contributed by atoms with van der Waals surface area (Å²) in [4.78, 5) is 15.2. The zero-order valence-electron chi connectivity index (χ0n) is 14.9. The zero-order chi connectivity index (χ0) is 20.9. The monoisotopic (exact) mass is 425 g/mol. The lowest BCUT2D eigenvalue weighted by Gasteiger charge is -2.06. The summed E-state index contributed by atoms with van der Waals surface area (Å²) in [6, 6.07) is 16.2. The average Bonchev–Trinajstić information content (AvgIpc) is 3.19. The predicted molar refractivity (Wildman–Crippen MR) is 111 cm³/mol. The van der Waals surface area contributed by atoms with Crippen molar-refractivity contribution < 1.29 is 13.2 Å². The molecule has 0 radical (unpaired) electrons. The highest BCUT2D eigenvalue weighted by molar-refractivity contribution is 7.90. The number of aromatic nitrogens is 1. The largest absolute Gasteiger partial charge is 0.360 e. The Kier molecular flexibility index (Phi) is 5.92. The van der Waals surface area contributed by atoms with Gasteiger partial charge in [0.05, 0.1) is 10.6 Å². The number of hydrogen-bond acceptors (Lipinski definition) is 7. The smallest absolute Gasteiger partial charge is 0.326 e. The van der Waals surface area contributed by atoms with Crippen LogP contribution >= 0.6 is 11.3 Å². The number of carbonyl (C=O) groups is 1. The maximum atomic E-state index is 11.9. The van der Waals surface area contributed by atoms with Crippen LogP contribution in [0.2, 0.25) is 0 Å². The molecule has 0 spiro atoms. The van der Waals surface area contributed by atoms with Crippen LogP contribution in [-0.4, -0.2) is 19.4 Å². The van der Waals surface area contributed by atoms with Crippen LogP contribution in [0.5, 0.6) is 0 Å². The fourth-order valence-electron chi connectivity index (χ4n) is 2.36. The van der Waals surface area contributed by atoms with Crippen molar-refractivity contribution >= 4 is 38.7 Å². The summed E-state index contributed by atoms with van der Waals surface area (Å²) in [5, 5.41) is 14.8. The number of sulfonamides is 1. The van der Waals surface area contributed by atoms with Gasteiger partial charge in [0, 0.05) is 22.8 Å². The Morgan fingerprint density at radius 2 is 1.83 bits per heavy atom. The van der Waals surface area contributed by atoms with Gasteiger partial charge in [-0.1, -0.05) is 30.3 Å². The molecule has 0 unspecified atom stereocenters. The molecule has 29 heavy (non-hydrogen) atoms. The molecule has 8 nitrogen and oxygen atoms in total. The highest BCUT2D eigenvalue weighted by atomic mass is 32.2. The Morgan fingerprint density at radius 1 is 1.14 bits per heavy atom. The molecule has 3 rings (SSSR count). The highest BCUT2D eigenvalue weighted by Crippen LogP contribution is 2.26. The van der Waals surface area contributed by atoms with Gasteiger partial charge in [0.15, 0.2) is 0 Å². The van der Waals surface area contributed by atoms with E-state index in [9.17, 15) is 18.5 Å². The number of nitriles is 1. The van der Waals surface area contributed by atoms with Crippen molar-refractivity contribution in [3.63, 3.8) is 0 Å². The van der Waals surface area contributed by atoms with Crippen molar-refractivity contribution in [2.45, 2.75) is 4.90 Å². The third-order valence-corrected chi connectivity index (χ3v) is 5.95. The molecule has 146 valence electrons. The summed E-state index contributed by atoms with van der Waals surface area (Å²) in [7, 11) is -4.01. The number of primary amides is 1. The quantitative estimate of drug-likeness (QED) is 0.519. The second kappa shape index (κ2) is 8.55. The Hall–Kier alpha value is -3.68. The van der Waals surface area contributed by atoms with Crippen LogP contribution in [0.1, 0.15) is 5.01 Å². The number of rotatable bonds is 6. The minimum absolute atomic E-state index is 0.112. The molecule has 10 heteroatoms. The first-order valence-corrected chi connectivity index (χ1v) is 10.6. The molecule has 2 amide bonds. The third-order valence-electron chi connectivity index (χ3n) is 3.71. The maximum absolute atomic E-state index is 11.9. The molecule has 0 aliphatic carbocycles. The van der Waals surface area contributed by atoms with Crippen LogP contribution in [0, 0.1) is 11.3 Å². The van der Waals surface area contributed by atoms with Crippen LogP contribution in [0.3, 0.4) is 0 Å². The number of hydrogen-bond donors (Lipinski definition) is 3. The van der Waals surface area contributed by atoms with Crippen LogP contribution < -0.4 is 15.8 Å². The van der Waals surface area contributed by atoms with Crippen molar-refractivity contribution in [3.05, 3.63) is 71.2 Å². The van der Waals surface area contributed by atoms with E-state index in [4.69, 9.17) is 5.73 Å². The SMILES string of the molecule is N#CC(=CNc1ccc(S(=O)(=O)NC(N)=O)cc1)c1nc(-c2ccccc2)cs1. The van der Waals surface area contributed by atoms with Crippen molar-refractivity contribution in [2.75, 3.05) is 5.32 Å². The van der Waals surface area contributed by atoms with E-state index in [1.807, 2.05) is 35.7 Å². The van der Waals surface area contributed by atoms with E-state index < -0.39 is 16.1 Å². The van der Waals surface area contributed by atoms with Crippen molar-refractivity contribution in [2.24, 2.45) is 5.73 Å². The van der Waals surface area contributed by atoms with Crippen LogP contribution in [-0.2, 0) is 10.0 Å². The van der Waals surface area contributed by atoms with Gasteiger partial charge >= 0.3 is 6.03 Å². The fraction of sp³-hybridized carbons (Fsp3) is 0. The summed E-state index contributed by atoms with van der Waals surface area (Å²) in [5.74, 6) is 0. The molecule has 0 saturated heterocycles. The molecular formula is C19H15N5O3S2. The van der Waals surface area contributed by atoms with E-state index in [1.54, 1.807) is 4.72 Å². The van der Waals surface area contributed by atoms with E-state index in [2.05, 4.69) is 16.4 Å². The van der Waals surface area contributed by atoms with Crippen molar-refractivity contribution in [1.29, 1.82) is 5.26 Å². The number of amides is 2. The summed E-state index contributed by atoms with van der Waals surface area (Å²) < 4.78 is 25.4. The first-order valence-electron chi connectivity index (χ1n) is 8.19. The average molecular weight is 425 g/mol. The van der Waals surface area contributed by atoms with E-state index in [1.165, 1.54) is 41.8 Å². The molecule has 2 aromatic carbocycles. The molecule has 4 N–H and O–H groups in total. The number of anilines is 1. The van der Waals surface area contributed by atoms with Crippen LogP contribution in [0.25, 0.3) is 16.8 Å². The van der Waals surface area contributed by atoms with Gasteiger partial charge in [-0.3, -0.25) is 0 Å². The van der Waals surface area contributed by atoms with Gasteiger partial charge in [-0.2, -0.15) is 5.26 Å². The number of allylic oxidation sites excluding steroid dienone is 1. The predicted octanol–water partition coefficient (Wildman–Crippen LogP) is 3.14. The minimum Gasteiger partial charge on any atom is -0.360 e. The van der Waals surface area contributed by atoms with Crippen LogP contribution in [0.4, 0.5) is 10.5 Å². The molecule has 0 bridgehead atoms. The topological polar surface area (TPSA) is 138 Å². The second-order valence-electron chi connectivity index (χ2n) is 5.71. The Morgan fingerprint density at radius 3 is 2.45 bits per heavy atom. The third kappa shape index (κ3) is 4.98. The van der Waals surface area contributed by atoms with E-state index in [-0.39, 0.29) is 4.90 Å². The van der Waals surface area contributed by atoms with Gasteiger partial charge in [-0.15, -0.1) is 11.3 Å². The normalized spacial score (nSPS) is 11.5. The molecule has 0 aliphatic rings. The van der Waals surface area contributed by atoms with Crippen molar-refractivity contribution in [3.8, 4) is 17.3 Å². The van der Waals surface area contributed by atoms with Crippen molar-refractivity contribution in [1.82, 2.24) is 9.71 Å². The van der Waals surface area contributed by atoms with Gasteiger partial charge in [-0.25, -0.2) is 22.9 Å². The Labute approximate surface area is 171 Å². The fourth-order valence-corrected chi connectivity index (χ4v) is 4.03. The summed E-state index contributed by atoms with van der Waals surface area (Å²) >= 11 is 1.35. The first-order chi connectivity index (χ1) is 13.9.